The van der Waals surface area contributed by atoms with Crippen molar-refractivity contribution in [3.05, 3.63) is 12.4 Å². The zero-order chi connectivity index (χ0) is 15.0. The Kier molecular flexibility index (Phi) is 7.18. The van der Waals surface area contributed by atoms with Crippen LogP contribution in [0.4, 0.5) is 0 Å². The maximum atomic E-state index is 12.0. The number of nitrogens with zero attached hydrogens (tertiary/aromatic N) is 2. The van der Waals surface area contributed by atoms with Gasteiger partial charge in [-0.2, -0.15) is 5.10 Å². The molecule has 0 aliphatic heterocycles. The molecular weight excluding hydrogens is 278 g/mol. The minimum absolute atomic E-state index is 0.0655. The van der Waals surface area contributed by atoms with Crippen LogP contribution in [0.1, 0.15) is 39.5 Å². The second kappa shape index (κ2) is 8.39. The van der Waals surface area contributed by atoms with Gasteiger partial charge in [-0.25, -0.2) is 13.1 Å². The van der Waals surface area contributed by atoms with Crippen LogP contribution < -0.4 is 4.72 Å². The van der Waals surface area contributed by atoms with Gasteiger partial charge in [0.2, 0.25) is 10.0 Å². The second-order valence-corrected chi connectivity index (χ2v) is 7.07. The highest BCUT2D eigenvalue weighted by atomic mass is 32.2. The summed E-state index contributed by atoms with van der Waals surface area (Å²) >= 11 is 0. The molecule has 0 unspecified atom stereocenters. The molecule has 116 valence electrons. The van der Waals surface area contributed by atoms with Crippen molar-refractivity contribution in [1.82, 2.24) is 14.5 Å². The maximum Gasteiger partial charge on any atom is 0.243 e. The summed E-state index contributed by atoms with van der Waals surface area (Å²) in [5.74, 6) is 0.649. The fourth-order valence-corrected chi connectivity index (χ4v) is 2.83. The third-order valence-corrected chi connectivity index (χ3v) is 4.38. The largest absolute Gasteiger partial charge is 0.396 e. The lowest BCUT2D eigenvalue weighted by molar-refractivity contribution is 0.277. The lowest BCUT2D eigenvalue weighted by atomic mass is 10.1. The summed E-state index contributed by atoms with van der Waals surface area (Å²) in [5, 5.41) is 12.7. The SMILES string of the molecule is CC(C)CCCCNS(=O)(=O)c1cnn(CCCO)c1. The van der Waals surface area contributed by atoms with Crippen LogP contribution in [0.3, 0.4) is 0 Å². The minimum Gasteiger partial charge on any atom is -0.396 e. The molecule has 0 radical (unpaired) electrons. The van der Waals surface area contributed by atoms with Gasteiger partial charge >= 0.3 is 0 Å². The lowest BCUT2D eigenvalue weighted by Gasteiger charge is -2.06. The molecule has 6 nitrogen and oxygen atoms in total. The van der Waals surface area contributed by atoms with E-state index in [1.165, 1.54) is 17.1 Å². The average molecular weight is 303 g/mol. The van der Waals surface area contributed by atoms with Gasteiger partial charge in [-0.15, -0.1) is 0 Å². The Hall–Kier alpha value is -0.920. The van der Waals surface area contributed by atoms with Crippen LogP contribution in [0, 0.1) is 5.92 Å². The monoisotopic (exact) mass is 303 g/mol. The van der Waals surface area contributed by atoms with Gasteiger partial charge in [-0.05, 0) is 18.8 Å². The summed E-state index contributed by atoms with van der Waals surface area (Å²) in [6.07, 6.45) is 6.37. The molecule has 0 spiro atoms. The molecule has 0 saturated carbocycles. The van der Waals surface area contributed by atoms with E-state index in [9.17, 15) is 8.42 Å². The molecule has 1 aromatic heterocycles. The van der Waals surface area contributed by atoms with Crippen molar-refractivity contribution in [3.63, 3.8) is 0 Å². The number of unbranched alkanes of at least 4 members (excludes halogenated alkanes) is 1. The van der Waals surface area contributed by atoms with Gasteiger partial charge in [0.1, 0.15) is 4.90 Å². The number of aromatic nitrogens is 2. The van der Waals surface area contributed by atoms with Gasteiger partial charge in [-0.3, -0.25) is 4.68 Å². The smallest absolute Gasteiger partial charge is 0.243 e. The number of nitrogens with one attached hydrogen (secondary N) is 1. The van der Waals surface area contributed by atoms with E-state index < -0.39 is 10.0 Å². The van der Waals surface area contributed by atoms with Crippen LogP contribution in [0.5, 0.6) is 0 Å². The summed E-state index contributed by atoms with van der Waals surface area (Å²) < 4.78 is 28.1. The Morgan fingerprint density at radius 3 is 2.75 bits per heavy atom. The van der Waals surface area contributed by atoms with E-state index in [-0.39, 0.29) is 11.5 Å². The van der Waals surface area contributed by atoms with Gasteiger partial charge in [0, 0.05) is 25.9 Å². The van der Waals surface area contributed by atoms with E-state index in [0.29, 0.717) is 25.4 Å². The van der Waals surface area contributed by atoms with Crippen LogP contribution in [-0.2, 0) is 16.6 Å². The Labute approximate surface area is 121 Å². The summed E-state index contributed by atoms with van der Waals surface area (Å²) in [7, 11) is -3.46. The van der Waals surface area contributed by atoms with Crippen LogP contribution in [0.15, 0.2) is 17.3 Å². The normalized spacial score (nSPS) is 12.2. The fourth-order valence-electron chi connectivity index (χ4n) is 1.81. The van der Waals surface area contributed by atoms with Crippen LogP contribution in [0.2, 0.25) is 0 Å². The molecule has 7 heteroatoms. The van der Waals surface area contributed by atoms with Crippen LogP contribution in [0.25, 0.3) is 0 Å². The predicted molar refractivity (Wildman–Crippen MR) is 77.8 cm³/mol. The molecule has 0 saturated heterocycles. The number of aryl methyl sites for hydroxylation is 1. The zero-order valence-electron chi connectivity index (χ0n) is 12.2. The minimum atomic E-state index is -3.46. The van der Waals surface area contributed by atoms with Gasteiger partial charge in [0.05, 0.1) is 6.20 Å². The first kappa shape index (κ1) is 17.1. The van der Waals surface area contributed by atoms with Crippen molar-refractivity contribution in [1.29, 1.82) is 0 Å². The summed E-state index contributed by atoms with van der Waals surface area (Å²) in [5.41, 5.74) is 0. The molecule has 2 N–H and O–H groups in total. The van der Waals surface area contributed by atoms with E-state index >= 15 is 0 Å². The van der Waals surface area contributed by atoms with E-state index in [1.54, 1.807) is 0 Å². The molecule has 0 atom stereocenters. The Balaban J connectivity index is 2.41. The molecule has 0 aliphatic carbocycles. The van der Waals surface area contributed by atoms with E-state index in [2.05, 4.69) is 23.7 Å². The molecule has 1 heterocycles. The molecule has 0 bridgehead atoms. The van der Waals surface area contributed by atoms with Gasteiger partial charge in [0.25, 0.3) is 0 Å². The van der Waals surface area contributed by atoms with Crippen molar-refractivity contribution in [2.75, 3.05) is 13.2 Å². The number of rotatable bonds is 10. The second-order valence-electron chi connectivity index (χ2n) is 5.30. The van der Waals surface area contributed by atoms with Crippen molar-refractivity contribution in [2.24, 2.45) is 5.92 Å². The highest BCUT2D eigenvalue weighted by Crippen LogP contribution is 2.09. The quantitative estimate of drug-likeness (QED) is 0.639. The summed E-state index contributed by atoms with van der Waals surface area (Å²) in [4.78, 5) is 0.180. The van der Waals surface area contributed by atoms with Crippen LogP contribution >= 0.6 is 0 Å². The Morgan fingerprint density at radius 1 is 1.35 bits per heavy atom. The molecular formula is C13H25N3O3S. The zero-order valence-corrected chi connectivity index (χ0v) is 13.1. The van der Waals surface area contributed by atoms with Crippen molar-refractivity contribution in [3.8, 4) is 0 Å². The Bertz CT molecular complexity index is 483. The summed E-state index contributed by atoms with van der Waals surface area (Å²) in [6, 6.07) is 0. The van der Waals surface area contributed by atoms with E-state index in [1.807, 2.05) is 0 Å². The van der Waals surface area contributed by atoms with Gasteiger partial charge < -0.3 is 5.11 Å². The predicted octanol–water partition coefficient (Wildman–Crippen LogP) is 1.37. The fraction of sp³-hybridized carbons (Fsp3) is 0.769. The molecule has 0 aliphatic rings. The number of aliphatic hydroxyl groups excluding tert-OH is 1. The number of sulfonamides is 1. The van der Waals surface area contributed by atoms with Crippen molar-refractivity contribution in [2.45, 2.75) is 51.0 Å². The first-order valence-electron chi connectivity index (χ1n) is 7.08. The topological polar surface area (TPSA) is 84.2 Å². The van der Waals surface area contributed by atoms with Gasteiger partial charge in [-0.1, -0.05) is 26.7 Å². The molecule has 0 amide bonds. The van der Waals surface area contributed by atoms with Crippen molar-refractivity contribution < 1.29 is 13.5 Å². The molecule has 0 fully saturated rings. The first-order valence-corrected chi connectivity index (χ1v) is 8.57. The summed E-state index contributed by atoms with van der Waals surface area (Å²) in [6.45, 7) is 5.35. The number of aliphatic hydroxyl groups is 1. The lowest BCUT2D eigenvalue weighted by Crippen LogP contribution is -2.24. The third kappa shape index (κ3) is 6.02. The first-order chi connectivity index (χ1) is 9.45. The maximum absolute atomic E-state index is 12.0. The number of hydrogen-bond donors (Lipinski definition) is 2. The highest BCUT2D eigenvalue weighted by molar-refractivity contribution is 7.89. The van der Waals surface area contributed by atoms with E-state index in [4.69, 9.17) is 5.11 Å². The average Bonchev–Trinajstić information content (AvgIpc) is 2.85. The number of hydrogen-bond acceptors (Lipinski definition) is 4. The standard InChI is InChI=1S/C13H25N3O3S/c1-12(2)6-3-4-7-15-20(18,19)13-10-14-16(11-13)8-5-9-17/h10-12,15,17H,3-9H2,1-2H3. The van der Waals surface area contributed by atoms with E-state index in [0.717, 1.165) is 19.3 Å². The van der Waals surface area contributed by atoms with Gasteiger partial charge in [0.15, 0.2) is 0 Å². The molecule has 1 rings (SSSR count). The molecule has 1 aromatic rings. The molecule has 20 heavy (non-hydrogen) atoms. The third-order valence-electron chi connectivity index (χ3n) is 2.97. The molecule has 0 aromatic carbocycles. The highest BCUT2D eigenvalue weighted by Gasteiger charge is 2.15. The Morgan fingerprint density at radius 2 is 2.10 bits per heavy atom. The van der Waals surface area contributed by atoms with Crippen molar-refractivity contribution >= 4 is 10.0 Å². The van der Waals surface area contributed by atoms with Crippen LogP contribution in [-0.4, -0.2) is 36.5 Å².